The van der Waals surface area contributed by atoms with Gasteiger partial charge in [0.15, 0.2) is 28.8 Å². The largest absolute Gasteiger partial charge is 0.493 e. The van der Waals surface area contributed by atoms with Crippen molar-refractivity contribution in [1.29, 1.82) is 0 Å². The monoisotopic (exact) mass is 408 g/mol. The zero-order chi connectivity index (χ0) is 20.8. The van der Waals surface area contributed by atoms with E-state index in [9.17, 15) is 4.79 Å². The number of benzene rings is 2. The molecule has 0 spiro atoms. The molecule has 0 radical (unpaired) electrons. The topological polar surface area (TPSA) is 54.0 Å². The Morgan fingerprint density at radius 1 is 0.833 bits per heavy atom. The summed E-state index contributed by atoms with van der Waals surface area (Å²) < 4.78 is 24.4. The molecular weight excluding hydrogens is 380 g/mol. The van der Waals surface area contributed by atoms with Crippen molar-refractivity contribution < 1.29 is 23.7 Å². The van der Waals surface area contributed by atoms with E-state index in [0.717, 1.165) is 72.5 Å². The molecule has 2 aromatic rings. The van der Waals surface area contributed by atoms with Crippen LogP contribution in [0.15, 0.2) is 12.1 Å². The van der Waals surface area contributed by atoms with Crippen LogP contribution in [0.1, 0.15) is 65.2 Å². The summed E-state index contributed by atoms with van der Waals surface area (Å²) in [7, 11) is 3.35. The molecule has 3 aliphatic rings. The summed E-state index contributed by atoms with van der Waals surface area (Å²) in [6.07, 6.45) is 7.46. The highest BCUT2D eigenvalue weighted by Crippen LogP contribution is 2.52. The average molecular weight is 408 g/mol. The predicted octanol–water partition coefficient (Wildman–Crippen LogP) is 5.22. The number of carbonyl (C=O) groups excluding carboxylic acids is 1. The molecule has 0 saturated carbocycles. The lowest BCUT2D eigenvalue weighted by Crippen LogP contribution is -2.13. The van der Waals surface area contributed by atoms with Crippen LogP contribution in [0.4, 0.5) is 0 Å². The third-order valence-corrected chi connectivity index (χ3v) is 6.56. The Morgan fingerprint density at radius 2 is 1.57 bits per heavy atom. The molecule has 1 atom stereocenters. The highest BCUT2D eigenvalue weighted by atomic mass is 16.5. The zero-order valence-electron chi connectivity index (χ0n) is 17.9. The summed E-state index contributed by atoms with van der Waals surface area (Å²) in [6.45, 7) is 2.09. The molecule has 0 amide bonds. The summed E-state index contributed by atoms with van der Waals surface area (Å²) >= 11 is 0. The van der Waals surface area contributed by atoms with Crippen LogP contribution in [-0.4, -0.2) is 26.1 Å². The molecular formula is C25H28O5. The minimum absolute atomic E-state index is 0.114. The first-order chi connectivity index (χ1) is 14.6. The van der Waals surface area contributed by atoms with Crippen molar-refractivity contribution in [1.82, 2.24) is 0 Å². The maximum absolute atomic E-state index is 12.3. The standard InChI is InChI=1S/C25H28O5/c1-14-13-19-22(29-14)17-7-4-5-8-18(17)24(28-3)25(19)30-21-12-11-15-16(23(21)27-2)9-6-10-20(15)26/h11-12,14H,4-10,13H2,1-3H3. The lowest BCUT2D eigenvalue weighted by molar-refractivity contribution is 0.0971. The molecule has 0 fully saturated rings. The second kappa shape index (κ2) is 7.53. The van der Waals surface area contributed by atoms with Crippen LogP contribution >= 0.6 is 0 Å². The number of fused-ring (bicyclic) bond motifs is 4. The van der Waals surface area contributed by atoms with E-state index >= 15 is 0 Å². The molecule has 0 aromatic heterocycles. The number of Topliss-reactive ketones (excluding diaryl/α,β-unsaturated/α-hetero) is 1. The van der Waals surface area contributed by atoms with Crippen molar-refractivity contribution in [2.45, 2.75) is 64.4 Å². The van der Waals surface area contributed by atoms with Crippen LogP contribution in [0.3, 0.4) is 0 Å². The first-order valence-electron chi connectivity index (χ1n) is 10.9. The van der Waals surface area contributed by atoms with Crippen molar-refractivity contribution in [3.05, 3.63) is 39.9 Å². The second-order valence-electron chi connectivity index (χ2n) is 8.47. The Morgan fingerprint density at radius 3 is 2.33 bits per heavy atom. The first kappa shape index (κ1) is 19.3. The van der Waals surface area contributed by atoms with Gasteiger partial charge in [0.25, 0.3) is 0 Å². The van der Waals surface area contributed by atoms with Gasteiger partial charge < -0.3 is 18.9 Å². The van der Waals surface area contributed by atoms with Gasteiger partial charge in [-0.15, -0.1) is 0 Å². The number of carbonyl (C=O) groups is 1. The molecule has 2 aliphatic carbocycles. The van der Waals surface area contributed by atoms with E-state index in [2.05, 4.69) is 6.92 Å². The highest BCUT2D eigenvalue weighted by molar-refractivity contribution is 5.99. The van der Waals surface area contributed by atoms with E-state index in [4.69, 9.17) is 18.9 Å². The lowest BCUT2D eigenvalue weighted by Gasteiger charge is -2.25. The average Bonchev–Trinajstić information content (AvgIpc) is 3.15. The minimum atomic E-state index is 0.114. The number of methoxy groups -OCH3 is 2. The van der Waals surface area contributed by atoms with Gasteiger partial charge in [0.05, 0.1) is 14.2 Å². The molecule has 1 aliphatic heterocycles. The van der Waals surface area contributed by atoms with Crippen molar-refractivity contribution in [3.8, 4) is 28.7 Å². The van der Waals surface area contributed by atoms with E-state index in [0.29, 0.717) is 17.9 Å². The van der Waals surface area contributed by atoms with E-state index < -0.39 is 0 Å². The van der Waals surface area contributed by atoms with E-state index in [1.54, 1.807) is 14.2 Å². The summed E-state index contributed by atoms with van der Waals surface area (Å²) in [4.78, 5) is 12.3. The molecule has 0 N–H and O–H groups in total. The molecule has 158 valence electrons. The SMILES string of the molecule is COc1c(Oc2c3c(c4c(c2OC)CCCC4)OC(C)C3)ccc2c1CCCC2=O. The summed E-state index contributed by atoms with van der Waals surface area (Å²) in [5, 5.41) is 0. The van der Waals surface area contributed by atoms with Crippen molar-refractivity contribution in [3.63, 3.8) is 0 Å². The zero-order valence-corrected chi connectivity index (χ0v) is 17.9. The maximum Gasteiger partial charge on any atom is 0.176 e. The summed E-state index contributed by atoms with van der Waals surface area (Å²) in [5.74, 6) is 3.99. The fraction of sp³-hybridized carbons (Fsp3) is 0.480. The van der Waals surface area contributed by atoms with Gasteiger partial charge in [-0.3, -0.25) is 4.79 Å². The normalized spacial score (nSPS) is 19.4. The predicted molar refractivity (Wildman–Crippen MR) is 114 cm³/mol. The fourth-order valence-electron chi connectivity index (χ4n) is 5.24. The minimum Gasteiger partial charge on any atom is -0.493 e. The Hall–Kier alpha value is -2.69. The quantitative estimate of drug-likeness (QED) is 0.694. The number of rotatable bonds is 4. The Labute approximate surface area is 177 Å². The first-order valence-corrected chi connectivity index (χ1v) is 10.9. The number of hydrogen-bond acceptors (Lipinski definition) is 5. The van der Waals surface area contributed by atoms with Crippen LogP contribution in [0.2, 0.25) is 0 Å². The van der Waals surface area contributed by atoms with Crippen molar-refractivity contribution in [2.75, 3.05) is 14.2 Å². The van der Waals surface area contributed by atoms with Gasteiger partial charge in [-0.1, -0.05) is 0 Å². The van der Waals surface area contributed by atoms with Gasteiger partial charge in [0.1, 0.15) is 11.9 Å². The number of hydrogen-bond donors (Lipinski definition) is 0. The molecule has 5 heteroatoms. The van der Waals surface area contributed by atoms with Crippen LogP contribution < -0.4 is 18.9 Å². The van der Waals surface area contributed by atoms with Gasteiger partial charge in [-0.25, -0.2) is 0 Å². The van der Waals surface area contributed by atoms with Gasteiger partial charge in [0.2, 0.25) is 0 Å². The summed E-state index contributed by atoms with van der Waals surface area (Å²) in [6, 6.07) is 3.73. The van der Waals surface area contributed by atoms with E-state index in [1.165, 1.54) is 17.5 Å². The molecule has 0 saturated heterocycles. The van der Waals surface area contributed by atoms with E-state index in [1.807, 2.05) is 12.1 Å². The molecule has 2 aromatic carbocycles. The van der Waals surface area contributed by atoms with Crippen LogP contribution in [0, 0.1) is 0 Å². The smallest absolute Gasteiger partial charge is 0.176 e. The van der Waals surface area contributed by atoms with Gasteiger partial charge in [0, 0.05) is 40.7 Å². The second-order valence-corrected chi connectivity index (χ2v) is 8.47. The molecule has 5 nitrogen and oxygen atoms in total. The van der Waals surface area contributed by atoms with Gasteiger partial charge in [-0.2, -0.15) is 0 Å². The molecule has 1 unspecified atom stereocenters. The third kappa shape index (κ3) is 2.94. The Kier molecular flexibility index (Phi) is 4.84. The van der Waals surface area contributed by atoms with Crippen molar-refractivity contribution in [2.24, 2.45) is 0 Å². The van der Waals surface area contributed by atoms with E-state index in [-0.39, 0.29) is 11.9 Å². The molecule has 1 heterocycles. The summed E-state index contributed by atoms with van der Waals surface area (Å²) in [5.41, 5.74) is 5.27. The van der Waals surface area contributed by atoms with Gasteiger partial charge >= 0.3 is 0 Å². The maximum atomic E-state index is 12.3. The molecule has 5 rings (SSSR count). The van der Waals surface area contributed by atoms with Crippen LogP contribution in [-0.2, 0) is 25.7 Å². The van der Waals surface area contributed by atoms with Crippen LogP contribution in [0.25, 0.3) is 0 Å². The lowest BCUT2D eigenvalue weighted by atomic mass is 9.87. The van der Waals surface area contributed by atoms with Gasteiger partial charge in [-0.05, 0) is 57.6 Å². The van der Waals surface area contributed by atoms with Crippen LogP contribution in [0.5, 0.6) is 28.7 Å². The highest BCUT2D eigenvalue weighted by Gasteiger charge is 2.34. The molecule has 30 heavy (non-hydrogen) atoms. The number of ketones is 1. The van der Waals surface area contributed by atoms with Crippen molar-refractivity contribution >= 4 is 5.78 Å². The Bertz CT molecular complexity index is 1020. The third-order valence-electron chi connectivity index (χ3n) is 6.56. The number of ether oxygens (including phenoxy) is 4. The molecule has 0 bridgehead atoms. The fourth-order valence-corrected chi connectivity index (χ4v) is 5.24. The Balaban J connectivity index is 1.66.